The molecule has 15 heteroatoms. The normalized spacial score (nSPS) is 25.7. The Hall–Kier alpha value is -3.46. The van der Waals surface area contributed by atoms with Crippen LogP contribution in [0.25, 0.3) is 0 Å². The van der Waals surface area contributed by atoms with E-state index in [0.717, 1.165) is 10.5 Å². The zero-order chi connectivity index (χ0) is 52.9. The molecule has 72 heavy (non-hydrogen) atoms. The Labute approximate surface area is 438 Å². The molecule has 0 radical (unpaired) electrons. The van der Waals surface area contributed by atoms with Gasteiger partial charge in [-0.1, -0.05) is 159 Å². The van der Waals surface area contributed by atoms with Gasteiger partial charge < -0.3 is 41.7 Å². The molecule has 6 rings (SSSR count). The van der Waals surface area contributed by atoms with E-state index < -0.39 is 97.4 Å². The van der Waals surface area contributed by atoms with Gasteiger partial charge in [0, 0.05) is 4.90 Å². The fraction of sp³-hybridized carbons (Fsp3) is 0.544. The van der Waals surface area contributed by atoms with E-state index in [2.05, 4.69) is 102 Å². The predicted molar refractivity (Wildman–Crippen MR) is 294 cm³/mol. The molecule has 0 bridgehead atoms. The molecule has 2 aliphatic heterocycles. The summed E-state index contributed by atoms with van der Waals surface area (Å²) in [7, 11) is -7.74. The summed E-state index contributed by atoms with van der Waals surface area (Å²) in [5, 5.41) is -0.531. The van der Waals surface area contributed by atoms with Crippen molar-refractivity contribution in [3.8, 4) is 0 Å². The highest BCUT2D eigenvalue weighted by Gasteiger charge is 2.59. The number of thioether (sulfide) groups is 1. The molecule has 0 aromatic heterocycles. The minimum atomic E-state index is -2.68. The fourth-order valence-electron chi connectivity index (χ4n) is 7.77. The molecule has 2 aliphatic rings. The minimum absolute atomic E-state index is 0.0151. The molecule has 4 aromatic carbocycles. The van der Waals surface area contributed by atoms with Crippen LogP contribution in [0.5, 0.6) is 0 Å². The van der Waals surface area contributed by atoms with Crippen LogP contribution in [0.1, 0.15) is 95.5 Å². The van der Waals surface area contributed by atoms with Gasteiger partial charge >= 0.3 is 11.9 Å². The van der Waals surface area contributed by atoms with Crippen LogP contribution in [0.4, 0.5) is 0 Å². The number of hydrogen-bond donors (Lipinski definition) is 0. The first-order valence-electron chi connectivity index (χ1n) is 25.4. The molecule has 2 saturated heterocycles. The molecule has 0 spiro atoms. The van der Waals surface area contributed by atoms with Crippen molar-refractivity contribution < 1.29 is 51.3 Å². The molecule has 10 atom stereocenters. The molecule has 11 nitrogen and oxygen atoms in total. The average Bonchev–Trinajstić information content (AvgIpc) is 3.30. The van der Waals surface area contributed by atoms with Crippen LogP contribution in [0.15, 0.2) is 126 Å². The third kappa shape index (κ3) is 14.5. The number of hydrogen-bond acceptors (Lipinski definition) is 12. The lowest BCUT2D eigenvalue weighted by atomic mass is 9.97. The lowest BCUT2D eigenvalue weighted by molar-refractivity contribution is -0.327. The Morgan fingerprint density at radius 2 is 0.931 bits per heavy atom. The second-order valence-corrected chi connectivity index (χ2v) is 39.2. The molecule has 394 valence electrons. The largest absolute Gasteiger partial charge is 0.452 e. The minimum Gasteiger partial charge on any atom is -0.452 e. The quantitative estimate of drug-likeness (QED) is 0.0697. The van der Waals surface area contributed by atoms with Crippen LogP contribution in [0, 0.1) is 0 Å². The highest BCUT2D eigenvalue weighted by atomic mass is 32.2. The maximum atomic E-state index is 14.6. The van der Waals surface area contributed by atoms with Gasteiger partial charge in [-0.15, -0.1) is 0 Å². The number of rotatable bonds is 18. The SMILES string of the molecule is C[C@@H]1O[C@@H](O[C@H]2[C@H](OC(=O)c3ccccc3)[C@@H](OC(=O)c3ccccc3)[C@H](Sc3ccccc3)O[C@@H]2COCc2ccccc2)[C@H](O[Si](C)(C)C(C)(C)C)[C@H](O[Si](C)(C)C(C)(C)C)[C@H]1O[Si](C)(C)C(C)(C)C. The van der Waals surface area contributed by atoms with E-state index in [-0.39, 0.29) is 28.3 Å². The summed E-state index contributed by atoms with van der Waals surface area (Å²) in [6.45, 7) is 35.8. The van der Waals surface area contributed by atoms with E-state index in [1.54, 1.807) is 48.5 Å². The lowest BCUT2D eigenvalue weighted by Gasteiger charge is -2.55. The van der Waals surface area contributed by atoms with Crippen molar-refractivity contribution in [3.05, 3.63) is 138 Å². The van der Waals surface area contributed by atoms with Crippen molar-refractivity contribution >= 4 is 48.7 Å². The first-order chi connectivity index (χ1) is 33.6. The van der Waals surface area contributed by atoms with Crippen molar-refractivity contribution in [2.45, 2.75) is 196 Å². The van der Waals surface area contributed by atoms with E-state index in [1.807, 2.05) is 79.7 Å². The Balaban J connectivity index is 1.55. The molecule has 0 amide bonds. The maximum absolute atomic E-state index is 14.6. The molecule has 0 N–H and O–H groups in total. The summed E-state index contributed by atoms with van der Waals surface area (Å²) in [5.74, 6) is -1.24. The number of carbonyl (C=O) groups is 2. The standard InChI is InChI=1S/C57H82O11SSi3/c1-39-45(66-70(11,12)55(2,3)4)48(67-71(13,14)56(5,6)7)49(68-72(15,16)57(8,9)10)53(61-39)65-46-44(38-60-37-40-29-21-17-22-30-40)62-54(69-43-35-27-20-28-36-43)50(64-52(59)42-33-25-19-26-34-42)47(46)63-51(58)41-31-23-18-24-32-41/h17-36,39,44-50,53-54H,37-38H2,1-16H3/t39-,44+,45-,46+,47-,48+,49+,50+,53-,54-/m0/s1. The smallest absolute Gasteiger partial charge is 0.338 e. The predicted octanol–water partition coefficient (Wildman–Crippen LogP) is 13.5. The second-order valence-electron chi connectivity index (χ2n) is 23.8. The Morgan fingerprint density at radius 3 is 1.40 bits per heavy atom. The van der Waals surface area contributed by atoms with Crippen molar-refractivity contribution in [2.75, 3.05) is 6.61 Å². The molecular weight excluding hydrogens is 977 g/mol. The number of benzene rings is 4. The molecule has 2 heterocycles. The van der Waals surface area contributed by atoms with Crippen LogP contribution in [-0.4, -0.2) is 104 Å². The second kappa shape index (κ2) is 23.6. The van der Waals surface area contributed by atoms with Gasteiger partial charge in [0.25, 0.3) is 0 Å². The third-order valence-electron chi connectivity index (χ3n) is 15.2. The summed E-state index contributed by atoms with van der Waals surface area (Å²) in [4.78, 5) is 29.9. The zero-order valence-electron chi connectivity index (χ0n) is 45.6. The number of carbonyl (C=O) groups excluding carboxylic acids is 2. The van der Waals surface area contributed by atoms with E-state index >= 15 is 0 Å². The van der Waals surface area contributed by atoms with Gasteiger partial charge in [0.1, 0.15) is 29.9 Å². The Morgan fingerprint density at radius 1 is 0.514 bits per heavy atom. The highest BCUT2D eigenvalue weighted by molar-refractivity contribution is 7.99. The lowest BCUT2D eigenvalue weighted by Crippen LogP contribution is -2.69. The fourth-order valence-corrected chi connectivity index (χ4v) is 12.8. The molecular formula is C57H82O11SSi3. The van der Waals surface area contributed by atoms with E-state index in [0.29, 0.717) is 11.1 Å². The van der Waals surface area contributed by atoms with Crippen molar-refractivity contribution in [1.29, 1.82) is 0 Å². The summed E-state index contributed by atoms with van der Waals surface area (Å²) < 4.78 is 64.4. The van der Waals surface area contributed by atoms with Crippen LogP contribution in [-0.2, 0) is 48.3 Å². The van der Waals surface area contributed by atoms with Crippen molar-refractivity contribution in [1.82, 2.24) is 0 Å². The van der Waals surface area contributed by atoms with Crippen LogP contribution in [0.3, 0.4) is 0 Å². The van der Waals surface area contributed by atoms with E-state index in [4.69, 9.17) is 41.7 Å². The van der Waals surface area contributed by atoms with Gasteiger partial charge in [0.15, 0.2) is 43.5 Å². The van der Waals surface area contributed by atoms with Gasteiger partial charge in [0.05, 0.1) is 36.5 Å². The van der Waals surface area contributed by atoms with Crippen LogP contribution in [0.2, 0.25) is 54.4 Å². The summed E-state index contributed by atoms with van der Waals surface area (Å²) in [6, 6.07) is 37.2. The van der Waals surface area contributed by atoms with Crippen molar-refractivity contribution in [2.24, 2.45) is 0 Å². The third-order valence-corrected chi connectivity index (χ3v) is 29.8. The molecule has 0 aliphatic carbocycles. The molecule has 4 aromatic rings. The van der Waals surface area contributed by atoms with Crippen molar-refractivity contribution in [3.63, 3.8) is 0 Å². The van der Waals surface area contributed by atoms with Gasteiger partial charge in [0.2, 0.25) is 0 Å². The van der Waals surface area contributed by atoms with Gasteiger partial charge in [-0.3, -0.25) is 0 Å². The summed E-state index contributed by atoms with van der Waals surface area (Å²) in [6.07, 6.45) is -8.18. The van der Waals surface area contributed by atoms with Crippen LogP contribution < -0.4 is 0 Å². The molecule has 2 fully saturated rings. The van der Waals surface area contributed by atoms with Crippen LogP contribution >= 0.6 is 11.8 Å². The Bertz CT molecular complexity index is 2340. The van der Waals surface area contributed by atoms with E-state index in [1.165, 1.54) is 11.8 Å². The van der Waals surface area contributed by atoms with Gasteiger partial charge in [-0.25, -0.2) is 9.59 Å². The Kier molecular flexibility index (Phi) is 19.0. The van der Waals surface area contributed by atoms with Gasteiger partial charge in [-0.05, 0) is 103 Å². The first kappa shape index (κ1) is 57.8. The number of esters is 2. The summed E-state index contributed by atoms with van der Waals surface area (Å²) >= 11 is 1.37. The van der Waals surface area contributed by atoms with E-state index in [9.17, 15) is 9.59 Å². The number of ether oxygens (including phenoxy) is 6. The summed E-state index contributed by atoms with van der Waals surface area (Å²) in [5.41, 5.74) is 0.704. The molecule has 0 saturated carbocycles. The van der Waals surface area contributed by atoms with Gasteiger partial charge in [-0.2, -0.15) is 0 Å². The zero-order valence-corrected chi connectivity index (χ0v) is 49.5. The average molecular weight is 1060 g/mol. The highest BCUT2D eigenvalue weighted by Crippen LogP contribution is 2.47. The molecule has 0 unspecified atom stereocenters. The first-order valence-corrected chi connectivity index (χ1v) is 35.0. The topological polar surface area (TPSA) is 117 Å². The maximum Gasteiger partial charge on any atom is 0.338 e. The monoisotopic (exact) mass is 1060 g/mol.